The molecule has 4 N–H and O–H groups in total. The minimum absolute atomic E-state index is 0. The molecule has 0 aliphatic carbocycles. The summed E-state index contributed by atoms with van der Waals surface area (Å²) in [4.78, 5) is 36.7. The number of carbonyl (C=O) groups excluding carboxylic acids is 4. The Morgan fingerprint density at radius 3 is 1.12 bits per heavy atom. The molecule has 0 saturated heterocycles. The first-order chi connectivity index (χ1) is 11.4. The molecular formula is C20H24O4Sn+4. The summed E-state index contributed by atoms with van der Waals surface area (Å²) in [5, 5.41) is 0. The van der Waals surface area contributed by atoms with Gasteiger partial charge < -0.3 is 0 Å². The molecule has 2 rings (SSSR count). The topological polar surface area (TPSA) is 85.6 Å². The van der Waals surface area contributed by atoms with E-state index in [0.29, 0.717) is 0 Å². The van der Waals surface area contributed by atoms with Crippen LogP contribution < -0.4 is 0 Å². The fourth-order valence-corrected chi connectivity index (χ4v) is 1.95. The monoisotopic (exact) mass is 448 g/mol. The van der Waals surface area contributed by atoms with Gasteiger partial charge in [-0.3, -0.25) is 19.2 Å². The molecule has 128 valence electrons. The fourth-order valence-electron chi connectivity index (χ4n) is 1.95. The molecule has 0 aromatic heterocycles. The van der Waals surface area contributed by atoms with Crippen LogP contribution in [0.5, 0.6) is 0 Å². The van der Waals surface area contributed by atoms with Crippen molar-refractivity contribution in [3.8, 4) is 0 Å². The Bertz CT molecular complexity index is 645. The predicted molar refractivity (Wildman–Crippen MR) is 105 cm³/mol. The number of hydrogen-bond acceptors (Lipinski definition) is 0. The zero-order valence-corrected chi connectivity index (χ0v) is 17.3. The van der Waals surface area contributed by atoms with Crippen LogP contribution in [0.2, 0.25) is 0 Å². The number of hydrogen-bond donors (Lipinski definition) is 0. The van der Waals surface area contributed by atoms with Crippen molar-refractivity contribution in [1.82, 2.24) is 0 Å². The number of ketones is 4. The van der Waals surface area contributed by atoms with E-state index in [9.17, 15) is 9.59 Å². The maximum atomic E-state index is 9.43. The fraction of sp³-hybridized carbons (Fsp3) is 0.200. The van der Waals surface area contributed by atoms with Gasteiger partial charge in [0.15, 0.2) is 12.8 Å². The van der Waals surface area contributed by atoms with Gasteiger partial charge in [0.2, 0.25) is 0 Å². The van der Waals surface area contributed by atoms with Crippen molar-refractivity contribution < 1.29 is 19.2 Å². The first kappa shape index (κ1) is 22.9. The van der Waals surface area contributed by atoms with Crippen LogP contribution in [0.1, 0.15) is 37.8 Å². The van der Waals surface area contributed by atoms with Crippen molar-refractivity contribution in [3.63, 3.8) is 0 Å². The summed E-state index contributed by atoms with van der Waals surface area (Å²) >= 11 is 0. The Hall–Kier alpha value is -2.08. The van der Waals surface area contributed by atoms with Gasteiger partial charge in [0, 0.05) is 37.8 Å². The predicted octanol–water partition coefficient (Wildman–Crippen LogP) is 2.69. The molecule has 0 spiro atoms. The second-order valence-corrected chi connectivity index (χ2v) is 5.45. The van der Waals surface area contributed by atoms with Crippen molar-refractivity contribution in [3.05, 3.63) is 71.8 Å². The molecule has 4 nitrogen and oxygen atoms in total. The van der Waals surface area contributed by atoms with Gasteiger partial charge in [-0.25, -0.2) is 0 Å². The maximum absolute atomic E-state index is 9.43. The zero-order chi connectivity index (χ0) is 17.9. The molecule has 0 bridgehead atoms. The molecule has 0 saturated carbocycles. The van der Waals surface area contributed by atoms with Crippen LogP contribution in [-0.4, -0.2) is 66.2 Å². The second kappa shape index (κ2) is 12.3. The van der Waals surface area contributed by atoms with E-state index in [0.717, 1.165) is 11.1 Å². The van der Waals surface area contributed by atoms with E-state index < -0.39 is 0 Å². The van der Waals surface area contributed by atoms with Gasteiger partial charge in [0.05, 0.1) is 11.1 Å². The van der Waals surface area contributed by atoms with Crippen LogP contribution in [0.3, 0.4) is 0 Å². The number of rotatable bonds is 6. The van der Waals surface area contributed by atoms with E-state index in [-0.39, 0.29) is 59.9 Å². The molecule has 0 fully saturated rings. The Morgan fingerprint density at radius 1 is 0.600 bits per heavy atom. The van der Waals surface area contributed by atoms with E-state index in [4.69, 9.17) is 9.59 Å². The van der Waals surface area contributed by atoms with E-state index in [1.807, 2.05) is 36.4 Å². The van der Waals surface area contributed by atoms with E-state index >= 15 is 0 Å². The van der Waals surface area contributed by atoms with Gasteiger partial charge in [-0.2, -0.15) is 0 Å². The molecule has 0 unspecified atom stereocenters. The van der Waals surface area contributed by atoms with Crippen molar-refractivity contribution >= 4 is 47.0 Å². The summed E-state index contributed by atoms with van der Waals surface area (Å²) in [7, 11) is 0. The molecule has 2 aromatic rings. The van der Waals surface area contributed by atoms with Crippen LogP contribution in [0.15, 0.2) is 60.7 Å². The maximum Gasteiger partial charge on any atom is 0.336 e. The summed E-state index contributed by atoms with van der Waals surface area (Å²) in [5.41, 5.74) is 1.51. The Balaban J connectivity index is 0.000000443. The van der Waals surface area contributed by atoms with Crippen LogP contribution in [0.4, 0.5) is 0 Å². The van der Waals surface area contributed by atoms with E-state index in [1.165, 1.54) is 0 Å². The molecule has 25 heavy (non-hydrogen) atoms. The standard InChI is InChI=1S/2C10H10O2.Sn/c2*1-8(11)7-10(12)9-5-3-2-4-6-9;/h2*2-6H,7H2,1H3;/p+4. The summed E-state index contributed by atoms with van der Waals surface area (Å²) in [6.45, 7) is 3.14. The second-order valence-electron chi connectivity index (χ2n) is 5.45. The average molecular weight is 447 g/mol. The molecule has 4 radical (unpaired) electrons. The average Bonchev–Trinajstić information content (AvgIpc) is 2.56. The van der Waals surface area contributed by atoms with Gasteiger partial charge in [-0.05, 0) is 24.3 Å². The van der Waals surface area contributed by atoms with Gasteiger partial charge in [-0.15, -0.1) is 0 Å². The molecular weight excluding hydrogens is 423 g/mol. The third-order valence-corrected chi connectivity index (χ3v) is 3.06. The van der Waals surface area contributed by atoms with Crippen molar-refractivity contribution in [1.29, 1.82) is 0 Å². The molecule has 0 atom stereocenters. The Morgan fingerprint density at radius 2 is 0.880 bits per heavy atom. The smallest absolute Gasteiger partial charge is 0.283 e. The van der Waals surface area contributed by atoms with Gasteiger partial charge in [-0.1, -0.05) is 36.4 Å². The largest absolute Gasteiger partial charge is 0.336 e. The molecule has 0 heterocycles. The molecule has 0 aliphatic rings. The minimum Gasteiger partial charge on any atom is -0.283 e. The first-order valence-corrected chi connectivity index (χ1v) is 7.63. The zero-order valence-electron chi connectivity index (χ0n) is 14.5. The quantitative estimate of drug-likeness (QED) is 0.283. The summed E-state index contributed by atoms with van der Waals surface area (Å²) < 4.78 is 0. The van der Waals surface area contributed by atoms with Crippen LogP contribution in [-0.2, 0) is 0 Å². The van der Waals surface area contributed by atoms with E-state index in [1.54, 1.807) is 38.1 Å². The van der Waals surface area contributed by atoms with Crippen LogP contribution in [0, 0.1) is 0 Å². The minimum atomic E-state index is 0. The molecule has 2 aromatic carbocycles. The molecule has 0 aliphatic heterocycles. The van der Waals surface area contributed by atoms with E-state index in [2.05, 4.69) is 0 Å². The van der Waals surface area contributed by atoms with Crippen molar-refractivity contribution in [2.75, 3.05) is 0 Å². The number of benzene rings is 2. The SMILES string of the molecule is CC(=[OH+])CC(=[OH+])c1ccccc1.CC(=[OH+])CC(=[OH+])c1ccccc1.[Sn]. The van der Waals surface area contributed by atoms with Crippen LogP contribution in [0.25, 0.3) is 0 Å². The van der Waals surface area contributed by atoms with Crippen molar-refractivity contribution in [2.45, 2.75) is 26.7 Å². The van der Waals surface area contributed by atoms with Gasteiger partial charge in [0.25, 0.3) is 0 Å². The molecule has 0 amide bonds. The van der Waals surface area contributed by atoms with Gasteiger partial charge in [0.1, 0.15) is 0 Å². The third-order valence-electron chi connectivity index (χ3n) is 3.06. The molecule has 5 heteroatoms. The normalized spacial score (nSPS) is 9.04. The summed E-state index contributed by atoms with van der Waals surface area (Å²) in [5.74, 6) is 0.846. The van der Waals surface area contributed by atoms with Gasteiger partial charge >= 0.3 is 23.1 Å². The first-order valence-electron chi connectivity index (χ1n) is 7.63. The van der Waals surface area contributed by atoms with Crippen LogP contribution >= 0.6 is 0 Å². The Kier molecular flexibility index (Phi) is 11.3. The summed E-state index contributed by atoms with van der Waals surface area (Å²) in [6.07, 6.45) is 0.452. The Labute approximate surface area is 164 Å². The van der Waals surface area contributed by atoms with Crippen molar-refractivity contribution in [2.24, 2.45) is 0 Å². The summed E-state index contributed by atoms with van der Waals surface area (Å²) in [6, 6.07) is 18.4. The third kappa shape index (κ3) is 9.72.